The second-order valence-corrected chi connectivity index (χ2v) is 7.03. The summed E-state index contributed by atoms with van der Waals surface area (Å²) >= 11 is 0. The van der Waals surface area contributed by atoms with Crippen molar-refractivity contribution >= 4 is 5.96 Å². The molecule has 0 amide bonds. The topological polar surface area (TPSA) is 54.9 Å². The molecule has 1 saturated heterocycles. The first kappa shape index (κ1) is 20.2. The molecule has 2 unspecified atom stereocenters. The maximum absolute atomic E-state index is 6.11. The van der Waals surface area contributed by atoms with Crippen molar-refractivity contribution < 1.29 is 9.47 Å². The summed E-state index contributed by atoms with van der Waals surface area (Å²) in [5.41, 5.74) is 2.41. The lowest BCUT2D eigenvalue weighted by Crippen LogP contribution is -2.42. The normalized spacial score (nSPS) is 19.9. The summed E-state index contributed by atoms with van der Waals surface area (Å²) in [4.78, 5) is 4.73. The van der Waals surface area contributed by atoms with Gasteiger partial charge in [0, 0.05) is 25.6 Å². The van der Waals surface area contributed by atoms with Crippen molar-refractivity contribution in [3.63, 3.8) is 0 Å². The zero-order valence-electron chi connectivity index (χ0n) is 16.9. The monoisotopic (exact) mass is 381 g/mol. The number of nitrogens with zero attached hydrogens (tertiary/aromatic N) is 1. The predicted octanol–water partition coefficient (Wildman–Crippen LogP) is 3.92. The Morgan fingerprint density at radius 1 is 1.11 bits per heavy atom. The lowest BCUT2D eigenvalue weighted by atomic mass is 9.89. The number of benzene rings is 2. The first-order chi connectivity index (χ1) is 13.8. The highest BCUT2D eigenvalue weighted by atomic mass is 16.5. The van der Waals surface area contributed by atoms with E-state index in [1.54, 1.807) is 7.11 Å². The van der Waals surface area contributed by atoms with Crippen LogP contribution in [-0.4, -0.2) is 32.8 Å². The van der Waals surface area contributed by atoms with Crippen molar-refractivity contribution in [3.8, 4) is 5.75 Å². The van der Waals surface area contributed by atoms with E-state index < -0.39 is 0 Å². The molecule has 5 heteroatoms. The lowest BCUT2D eigenvalue weighted by molar-refractivity contribution is -0.0265. The molecule has 0 aromatic heterocycles. The van der Waals surface area contributed by atoms with E-state index in [0.717, 1.165) is 49.8 Å². The number of nitrogens with one attached hydrogen (secondary N) is 2. The van der Waals surface area contributed by atoms with E-state index in [2.05, 4.69) is 47.9 Å². The van der Waals surface area contributed by atoms with Gasteiger partial charge in [-0.25, -0.2) is 4.99 Å². The number of hydrogen-bond acceptors (Lipinski definition) is 3. The third-order valence-electron chi connectivity index (χ3n) is 5.03. The van der Waals surface area contributed by atoms with E-state index in [1.807, 2.05) is 24.3 Å². The first-order valence-electron chi connectivity index (χ1n) is 10.1. The Kier molecular flexibility index (Phi) is 7.73. The molecular formula is C23H31N3O2. The molecule has 2 N–H and O–H groups in total. The molecule has 2 aromatic rings. The van der Waals surface area contributed by atoms with Gasteiger partial charge in [-0.2, -0.15) is 0 Å². The zero-order valence-corrected chi connectivity index (χ0v) is 16.9. The maximum atomic E-state index is 6.11. The fraction of sp³-hybridized carbons (Fsp3) is 0.435. The summed E-state index contributed by atoms with van der Waals surface area (Å²) in [7, 11) is 1.68. The highest BCUT2D eigenvalue weighted by Crippen LogP contribution is 2.33. The van der Waals surface area contributed by atoms with Crippen LogP contribution in [0.25, 0.3) is 0 Å². The molecule has 0 bridgehead atoms. The van der Waals surface area contributed by atoms with Gasteiger partial charge in [0.25, 0.3) is 0 Å². The smallest absolute Gasteiger partial charge is 0.191 e. The van der Waals surface area contributed by atoms with Gasteiger partial charge in [-0.15, -0.1) is 0 Å². The molecule has 0 spiro atoms. The number of ether oxygens (including phenoxy) is 2. The average molecular weight is 382 g/mol. The molecule has 1 fully saturated rings. The average Bonchev–Trinajstić information content (AvgIpc) is 2.77. The molecule has 1 aliphatic rings. The lowest BCUT2D eigenvalue weighted by Gasteiger charge is -2.32. The van der Waals surface area contributed by atoms with E-state index in [9.17, 15) is 0 Å². The van der Waals surface area contributed by atoms with Crippen molar-refractivity contribution in [2.75, 3.05) is 26.8 Å². The van der Waals surface area contributed by atoms with Crippen LogP contribution in [0.2, 0.25) is 0 Å². The van der Waals surface area contributed by atoms with Crippen LogP contribution in [-0.2, 0) is 11.3 Å². The second-order valence-electron chi connectivity index (χ2n) is 7.03. The molecule has 150 valence electrons. The molecule has 5 nitrogen and oxygen atoms in total. The number of aliphatic imine (C=N–C) groups is 1. The number of rotatable bonds is 7. The summed E-state index contributed by atoms with van der Waals surface area (Å²) in [5, 5.41) is 6.86. The molecule has 1 aliphatic heterocycles. The largest absolute Gasteiger partial charge is 0.497 e. The highest BCUT2D eigenvalue weighted by molar-refractivity contribution is 5.79. The summed E-state index contributed by atoms with van der Waals surface area (Å²) < 4.78 is 11.3. The number of guanidine groups is 1. The third-order valence-corrected chi connectivity index (χ3v) is 5.03. The molecule has 2 atom stereocenters. The first-order valence-corrected chi connectivity index (χ1v) is 10.1. The molecule has 2 aromatic carbocycles. The Hall–Kier alpha value is -2.53. The third kappa shape index (κ3) is 5.73. The van der Waals surface area contributed by atoms with E-state index in [4.69, 9.17) is 14.5 Å². The summed E-state index contributed by atoms with van der Waals surface area (Å²) in [5.74, 6) is 2.14. The van der Waals surface area contributed by atoms with Gasteiger partial charge in [0.15, 0.2) is 5.96 Å². The number of methoxy groups -OCH3 is 1. The quantitative estimate of drug-likeness (QED) is 0.564. The minimum absolute atomic E-state index is 0.145. The molecule has 1 heterocycles. The van der Waals surface area contributed by atoms with Crippen LogP contribution in [0.4, 0.5) is 0 Å². The van der Waals surface area contributed by atoms with Crippen molar-refractivity contribution in [3.05, 3.63) is 65.7 Å². The Bertz CT molecular complexity index is 731. The van der Waals surface area contributed by atoms with E-state index in [1.165, 1.54) is 5.56 Å². The molecule has 3 rings (SSSR count). The van der Waals surface area contributed by atoms with Crippen molar-refractivity contribution in [2.24, 2.45) is 10.9 Å². The zero-order chi connectivity index (χ0) is 19.6. The van der Waals surface area contributed by atoms with Crippen LogP contribution in [0.3, 0.4) is 0 Å². The molecule has 0 aliphatic carbocycles. The van der Waals surface area contributed by atoms with Crippen LogP contribution in [0.1, 0.15) is 37.0 Å². The van der Waals surface area contributed by atoms with Gasteiger partial charge in [0.05, 0.1) is 19.8 Å². The van der Waals surface area contributed by atoms with Crippen LogP contribution < -0.4 is 15.4 Å². The summed E-state index contributed by atoms with van der Waals surface area (Å²) in [6, 6.07) is 18.6. The van der Waals surface area contributed by atoms with Gasteiger partial charge in [-0.05, 0) is 43.0 Å². The Labute approximate surface area is 168 Å². The maximum Gasteiger partial charge on any atom is 0.191 e. The minimum atomic E-state index is 0.145. The van der Waals surface area contributed by atoms with Crippen molar-refractivity contribution in [2.45, 2.75) is 32.4 Å². The van der Waals surface area contributed by atoms with Gasteiger partial charge in [0.1, 0.15) is 5.75 Å². The number of hydrogen-bond donors (Lipinski definition) is 2. The molecular weight excluding hydrogens is 350 g/mol. The molecule has 0 radical (unpaired) electrons. The Balaban J connectivity index is 1.61. The van der Waals surface area contributed by atoms with E-state index in [-0.39, 0.29) is 6.10 Å². The minimum Gasteiger partial charge on any atom is -0.497 e. The second kappa shape index (κ2) is 10.7. The highest BCUT2D eigenvalue weighted by Gasteiger charge is 2.27. The molecule has 28 heavy (non-hydrogen) atoms. The van der Waals surface area contributed by atoms with Gasteiger partial charge in [0.2, 0.25) is 0 Å². The standard InChI is InChI=1S/C23H31N3O2/c1-3-24-23(25-16-18-11-13-21(27-2)14-12-18)26-17-20-10-7-15-28-22(20)19-8-5-4-6-9-19/h4-6,8-9,11-14,20,22H,3,7,10,15-17H2,1-2H3,(H2,24,25,26). The van der Waals surface area contributed by atoms with E-state index in [0.29, 0.717) is 12.5 Å². The Morgan fingerprint density at radius 3 is 2.61 bits per heavy atom. The van der Waals surface area contributed by atoms with Gasteiger partial charge in [-0.3, -0.25) is 0 Å². The summed E-state index contributed by atoms with van der Waals surface area (Å²) in [6.45, 7) is 5.22. The van der Waals surface area contributed by atoms with Crippen LogP contribution in [0, 0.1) is 5.92 Å². The van der Waals surface area contributed by atoms with Crippen molar-refractivity contribution in [1.82, 2.24) is 10.6 Å². The Morgan fingerprint density at radius 2 is 1.89 bits per heavy atom. The molecule has 0 saturated carbocycles. The fourth-order valence-electron chi connectivity index (χ4n) is 3.53. The van der Waals surface area contributed by atoms with E-state index >= 15 is 0 Å². The van der Waals surface area contributed by atoms with Crippen LogP contribution >= 0.6 is 0 Å². The van der Waals surface area contributed by atoms with Crippen LogP contribution in [0.15, 0.2) is 59.6 Å². The van der Waals surface area contributed by atoms with Gasteiger partial charge in [-0.1, -0.05) is 42.5 Å². The van der Waals surface area contributed by atoms with Crippen LogP contribution in [0.5, 0.6) is 5.75 Å². The van der Waals surface area contributed by atoms with Gasteiger partial charge < -0.3 is 20.1 Å². The predicted molar refractivity (Wildman–Crippen MR) is 114 cm³/mol. The van der Waals surface area contributed by atoms with Gasteiger partial charge >= 0.3 is 0 Å². The van der Waals surface area contributed by atoms with Crippen molar-refractivity contribution in [1.29, 1.82) is 0 Å². The summed E-state index contributed by atoms with van der Waals surface area (Å²) in [6.07, 6.45) is 2.41. The fourth-order valence-corrected chi connectivity index (χ4v) is 3.53. The SMILES string of the molecule is CCNC(=NCc1ccc(OC)cc1)NCC1CCCOC1c1ccccc1.